The number of hydrogen-bond donors (Lipinski definition) is 1. The fourth-order valence-corrected chi connectivity index (χ4v) is 3.26. The van der Waals surface area contributed by atoms with Gasteiger partial charge in [-0.15, -0.1) is 0 Å². The molecule has 1 N–H and O–H groups in total. The van der Waals surface area contributed by atoms with Crippen molar-refractivity contribution < 1.29 is 19.4 Å². The number of benzene rings is 1. The quantitative estimate of drug-likeness (QED) is 0.853. The molecule has 112 valence electrons. The van der Waals surface area contributed by atoms with Crippen LogP contribution in [0.15, 0.2) is 10.5 Å². The van der Waals surface area contributed by atoms with Gasteiger partial charge in [0, 0.05) is 5.41 Å². The molecule has 0 radical (unpaired) electrons. The average molecular weight is 345 g/mol. The number of aliphatic carboxylic acids is 1. The largest absolute Gasteiger partial charge is 0.493 e. The van der Waals surface area contributed by atoms with Crippen molar-refractivity contribution in [3.8, 4) is 11.5 Å². The Morgan fingerprint density at radius 2 is 1.95 bits per heavy atom. The zero-order valence-electron chi connectivity index (χ0n) is 12.5. The van der Waals surface area contributed by atoms with Crippen LogP contribution in [0.5, 0.6) is 11.5 Å². The zero-order valence-corrected chi connectivity index (χ0v) is 14.1. The third kappa shape index (κ3) is 3.26. The third-order valence-corrected chi connectivity index (χ3v) is 4.23. The summed E-state index contributed by atoms with van der Waals surface area (Å²) in [5.74, 6) is 0.423. The van der Waals surface area contributed by atoms with E-state index >= 15 is 0 Å². The van der Waals surface area contributed by atoms with E-state index in [2.05, 4.69) is 15.9 Å². The van der Waals surface area contributed by atoms with Crippen LogP contribution in [0.2, 0.25) is 0 Å². The number of carboxylic acid groups (broad SMARTS) is 1. The lowest BCUT2D eigenvalue weighted by Gasteiger charge is -2.28. The van der Waals surface area contributed by atoms with Crippen molar-refractivity contribution in [3.05, 3.63) is 21.7 Å². The van der Waals surface area contributed by atoms with Crippen LogP contribution in [0, 0.1) is 0 Å². The van der Waals surface area contributed by atoms with E-state index in [-0.39, 0.29) is 6.42 Å². The van der Waals surface area contributed by atoms with Crippen molar-refractivity contribution in [1.29, 1.82) is 0 Å². The Morgan fingerprint density at radius 1 is 1.35 bits per heavy atom. The second-order valence-corrected chi connectivity index (χ2v) is 6.05. The Hall–Kier alpha value is -1.23. The summed E-state index contributed by atoms with van der Waals surface area (Å²) in [7, 11) is 3.16. The lowest BCUT2D eigenvalue weighted by Crippen LogP contribution is -2.23. The van der Waals surface area contributed by atoms with Gasteiger partial charge in [0.15, 0.2) is 11.5 Å². The fraction of sp³-hybridized carbons (Fsp3) is 0.533. The number of methoxy groups -OCH3 is 2. The summed E-state index contributed by atoms with van der Waals surface area (Å²) in [6.07, 6.45) is 0.835. The highest BCUT2D eigenvalue weighted by Crippen LogP contribution is 2.44. The zero-order chi connectivity index (χ0) is 15.5. The lowest BCUT2D eigenvalue weighted by molar-refractivity contribution is -0.138. The van der Waals surface area contributed by atoms with Gasteiger partial charge >= 0.3 is 5.97 Å². The first-order chi connectivity index (χ1) is 9.28. The maximum atomic E-state index is 11.1. The van der Waals surface area contributed by atoms with Crippen LogP contribution < -0.4 is 9.47 Å². The van der Waals surface area contributed by atoms with Gasteiger partial charge in [-0.05, 0) is 39.5 Å². The number of carbonyl (C=O) groups is 1. The molecular weight excluding hydrogens is 324 g/mol. The number of ether oxygens (including phenoxy) is 2. The van der Waals surface area contributed by atoms with Crippen LogP contribution in [0.3, 0.4) is 0 Å². The molecular formula is C15H21BrO4. The summed E-state index contributed by atoms with van der Waals surface area (Å²) in [4.78, 5) is 11.1. The van der Waals surface area contributed by atoms with E-state index in [4.69, 9.17) is 14.6 Å². The van der Waals surface area contributed by atoms with E-state index in [1.807, 2.05) is 26.8 Å². The first-order valence-corrected chi connectivity index (χ1v) is 7.23. The fourth-order valence-electron chi connectivity index (χ4n) is 2.41. The highest BCUT2D eigenvalue weighted by Gasteiger charge is 2.30. The molecule has 0 bridgehead atoms. The highest BCUT2D eigenvalue weighted by atomic mass is 79.9. The van der Waals surface area contributed by atoms with Crippen LogP contribution in [-0.2, 0) is 16.6 Å². The number of halogens is 1. The third-order valence-electron chi connectivity index (χ3n) is 3.39. The Balaban J connectivity index is 3.53. The van der Waals surface area contributed by atoms with Crippen molar-refractivity contribution in [3.63, 3.8) is 0 Å². The Labute approximate surface area is 128 Å². The van der Waals surface area contributed by atoms with Gasteiger partial charge in [-0.25, -0.2) is 0 Å². The van der Waals surface area contributed by atoms with Crippen molar-refractivity contribution in [2.45, 2.75) is 39.0 Å². The topological polar surface area (TPSA) is 55.8 Å². The molecule has 0 saturated heterocycles. The SMILES string of the molecule is CCc1c(C(C)(C)CC(=O)O)cc(OC)c(OC)c1Br. The van der Waals surface area contributed by atoms with Gasteiger partial charge in [-0.3, -0.25) is 4.79 Å². The highest BCUT2D eigenvalue weighted by molar-refractivity contribution is 9.10. The second-order valence-electron chi connectivity index (χ2n) is 5.26. The molecule has 1 aromatic rings. The first-order valence-electron chi connectivity index (χ1n) is 6.44. The molecule has 0 atom stereocenters. The smallest absolute Gasteiger partial charge is 0.304 e. The van der Waals surface area contributed by atoms with Crippen molar-refractivity contribution in [2.75, 3.05) is 14.2 Å². The minimum atomic E-state index is -0.817. The maximum Gasteiger partial charge on any atom is 0.304 e. The summed E-state index contributed by atoms with van der Waals surface area (Å²) in [5, 5.41) is 9.10. The predicted molar refractivity (Wildman–Crippen MR) is 81.9 cm³/mol. The van der Waals surface area contributed by atoms with E-state index in [0.717, 1.165) is 22.0 Å². The van der Waals surface area contributed by atoms with Gasteiger partial charge in [-0.2, -0.15) is 0 Å². The number of carboxylic acids is 1. The number of rotatable bonds is 6. The van der Waals surface area contributed by atoms with Crippen LogP contribution in [-0.4, -0.2) is 25.3 Å². The van der Waals surface area contributed by atoms with Crippen molar-refractivity contribution in [2.24, 2.45) is 0 Å². The number of hydrogen-bond acceptors (Lipinski definition) is 3. The molecule has 0 amide bonds. The maximum absolute atomic E-state index is 11.1. The second kappa shape index (κ2) is 6.48. The van der Waals surface area contributed by atoms with Crippen molar-refractivity contribution in [1.82, 2.24) is 0 Å². The normalized spacial score (nSPS) is 11.3. The monoisotopic (exact) mass is 344 g/mol. The molecule has 0 unspecified atom stereocenters. The Kier molecular flexibility index (Phi) is 5.45. The summed E-state index contributed by atoms with van der Waals surface area (Å²) >= 11 is 3.55. The van der Waals surface area contributed by atoms with Crippen LogP contribution in [0.1, 0.15) is 38.3 Å². The Bertz CT molecular complexity index is 509. The molecule has 0 aliphatic heterocycles. The Morgan fingerprint density at radius 3 is 2.35 bits per heavy atom. The summed E-state index contributed by atoms with van der Waals surface area (Å²) in [5.41, 5.74) is 1.53. The molecule has 0 heterocycles. The van der Waals surface area contributed by atoms with Crippen LogP contribution >= 0.6 is 15.9 Å². The van der Waals surface area contributed by atoms with Gasteiger partial charge in [-0.1, -0.05) is 20.8 Å². The molecule has 5 heteroatoms. The van der Waals surface area contributed by atoms with Gasteiger partial charge < -0.3 is 14.6 Å². The first kappa shape index (κ1) is 16.8. The van der Waals surface area contributed by atoms with Gasteiger partial charge in [0.1, 0.15) is 0 Å². The molecule has 0 aliphatic carbocycles. The van der Waals surface area contributed by atoms with Crippen molar-refractivity contribution >= 4 is 21.9 Å². The van der Waals surface area contributed by atoms with Gasteiger partial charge in [0.25, 0.3) is 0 Å². The lowest BCUT2D eigenvalue weighted by atomic mass is 9.78. The molecule has 1 aromatic carbocycles. The van der Waals surface area contributed by atoms with Crippen LogP contribution in [0.25, 0.3) is 0 Å². The van der Waals surface area contributed by atoms with Gasteiger partial charge in [0.05, 0.1) is 25.1 Å². The minimum Gasteiger partial charge on any atom is -0.493 e. The van der Waals surface area contributed by atoms with E-state index in [9.17, 15) is 4.79 Å². The summed E-state index contributed by atoms with van der Waals surface area (Å²) in [6, 6.07) is 1.88. The molecule has 0 saturated carbocycles. The minimum absolute atomic E-state index is 0.0575. The van der Waals surface area contributed by atoms with E-state index < -0.39 is 11.4 Å². The standard InChI is InChI=1S/C15H21BrO4/c1-6-9-10(15(2,3)8-12(17)18)7-11(19-4)14(20-5)13(9)16/h7H,6,8H2,1-5H3,(H,17,18). The van der Waals surface area contributed by atoms with E-state index in [1.54, 1.807) is 14.2 Å². The summed E-state index contributed by atoms with van der Waals surface area (Å²) < 4.78 is 11.6. The molecule has 0 fully saturated rings. The van der Waals surface area contributed by atoms with Crippen LogP contribution in [0.4, 0.5) is 0 Å². The molecule has 20 heavy (non-hydrogen) atoms. The predicted octanol–water partition coefficient (Wildman–Crippen LogP) is 3.78. The molecule has 0 aromatic heterocycles. The molecule has 1 rings (SSSR count). The summed E-state index contributed by atoms with van der Waals surface area (Å²) in [6.45, 7) is 5.88. The van der Waals surface area contributed by atoms with E-state index in [0.29, 0.717) is 11.5 Å². The molecule has 0 spiro atoms. The molecule has 4 nitrogen and oxygen atoms in total. The molecule has 0 aliphatic rings. The van der Waals surface area contributed by atoms with Gasteiger partial charge in [0.2, 0.25) is 0 Å². The average Bonchev–Trinajstić information content (AvgIpc) is 2.35. The van der Waals surface area contributed by atoms with E-state index in [1.165, 1.54) is 0 Å².